The topological polar surface area (TPSA) is 159 Å². The minimum atomic E-state index is -4.83. The molecule has 0 aliphatic heterocycles. The van der Waals surface area contributed by atoms with E-state index in [2.05, 4.69) is 24.9 Å². The van der Waals surface area contributed by atoms with Gasteiger partial charge in [0.05, 0.1) is 6.20 Å². The number of hydrogen-bond donors (Lipinski definition) is 2. The summed E-state index contributed by atoms with van der Waals surface area (Å²) in [5.74, 6) is -1.50. The summed E-state index contributed by atoms with van der Waals surface area (Å²) in [5, 5.41) is 19.3. The third-order valence-electron chi connectivity index (χ3n) is 4.01. The van der Waals surface area contributed by atoms with E-state index in [9.17, 15) is 22.8 Å². The van der Waals surface area contributed by atoms with Crippen molar-refractivity contribution in [3.8, 4) is 17.1 Å². The number of carbonyl (C=O) groups excluding carboxylic acids is 1. The number of nitrogens with two attached hydrogens (primary N) is 1. The van der Waals surface area contributed by atoms with E-state index in [1.54, 1.807) is 5.38 Å². The standard InChI is InChI=1S/C12H8F3NO4.C8H9N5OS/c1-6-16-9(11(17)18)10(19-6)7-3-2-4-8(5-7)20-12(13,14)15;1-5(14)6-4-15-8(11-6)3-13-10-2-7(9)12-13/h2-5H,1H3,(H,17,18);2,4H,3H2,1H3,(H2,9,12). The summed E-state index contributed by atoms with van der Waals surface area (Å²) in [6, 6.07) is 4.82. The first-order chi connectivity index (χ1) is 16.4. The zero-order valence-electron chi connectivity index (χ0n) is 18.1. The Kier molecular flexibility index (Phi) is 7.49. The van der Waals surface area contributed by atoms with E-state index in [0.717, 1.165) is 17.1 Å². The van der Waals surface area contributed by atoms with Crippen molar-refractivity contribution in [3.05, 3.63) is 58.1 Å². The molecule has 15 heteroatoms. The van der Waals surface area contributed by atoms with Crippen molar-refractivity contribution < 1.29 is 37.0 Å². The second kappa shape index (κ2) is 10.3. The van der Waals surface area contributed by atoms with Gasteiger partial charge >= 0.3 is 12.3 Å². The Balaban J connectivity index is 0.000000203. The van der Waals surface area contributed by atoms with Gasteiger partial charge in [-0.25, -0.2) is 14.8 Å². The van der Waals surface area contributed by atoms with Gasteiger partial charge in [0.25, 0.3) is 0 Å². The summed E-state index contributed by atoms with van der Waals surface area (Å²) in [6.07, 6.45) is -3.36. The number of hydrogen-bond acceptors (Lipinski definition) is 10. The van der Waals surface area contributed by atoms with E-state index in [1.807, 2.05) is 0 Å². The van der Waals surface area contributed by atoms with Crippen molar-refractivity contribution in [2.45, 2.75) is 26.8 Å². The van der Waals surface area contributed by atoms with Gasteiger partial charge in [0.2, 0.25) is 0 Å². The van der Waals surface area contributed by atoms with Crippen LogP contribution in [0.2, 0.25) is 0 Å². The summed E-state index contributed by atoms with van der Waals surface area (Å²) in [6.45, 7) is 3.37. The SMILES string of the molecule is CC(=O)c1csc(Cn2ncc(N)n2)n1.Cc1nc(C(=O)O)c(-c2cccc(OC(F)(F)F)c2)o1. The fourth-order valence-electron chi connectivity index (χ4n) is 2.66. The van der Waals surface area contributed by atoms with Crippen molar-refractivity contribution in [2.24, 2.45) is 0 Å². The molecule has 0 unspecified atom stereocenters. The van der Waals surface area contributed by atoms with Gasteiger partial charge in [0.15, 0.2) is 28.9 Å². The van der Waals surface area contributed by atoms with Gasteiger partial charge in [-0.1, -0.05) is 12.1 Å². The van der Waals surface area contributed by atoms with Gasteiger partial charge in [0, 0.05) is 24.8 Å². The number of rotatable bonds is 6. The summed E-state index contributed by atoms with van der Waals surface area (Å²) in [7, 11) is 0. The lowest BCUT2D eigenvalue weighted by Crippen LogP contribution is -2.17. The van der Waals surface area contributed by atoms with Crippen molar-refractivity contribution in [1.82, 2.24) is 25.0 Å². The number of aryl methyl sites for hydroxylation is 1. The highest BCUT2D eigenvalue weighted by Gasteiger charge is 2.31. The van der Waals surface area contributed by atoms with Crippen molar-refractivity contribution in [1.29, 1.82) is 0 Å². The molecule has 0 atom stereocenters. The Bertz CT molecular complexity index is 1350. The van der Waals surface area contributed by atoms with Crippen molar-refractivity contribution >= 4 is 28.9 Å². The van der Waals surface area contributed by atoms with Gasteiger partial charge in [0.1, 0.15) is 23.0 Å². The molecule has 0 bridgehead atoms. The number of nitrogen functional groups attached to an aromatic ring is 1. The maximum absolute atomic E-state index is 12.1. The number of aromatic carboxylic acids is 1. The molecule has 1 aromatic carbocycles. The Hall–Kier alpha value is -4.27. The van der Waals surface area contributed by atoms with Crippen LogP contribution < -0.4 is 10.5 Å². The highest BCUT2D eigenvalue weighted by Crippen LogP contribution is 2.30. The van der Waals surface area contributed by atoms with Crippen LogP contribution in [0.3, 0.4) is 0 Å². The molecule has 3 heterocycles. The fourth-order valence-corrected chi connectivity index (χ4v) is 3.46. The van der Waals surface area contributed by atoms with Crippen LogP contribution in [0.25, 0.3) is 11.3 Å². The Morgan fingerprint density at radius 2 is 2.03 bits per heavy atom. The average Bonchev–Trinajstić information content (AvgIpc) is 3.48. The lowest BCUT2D eigenvalue weighted by atomic mass is 10.1. The molecule has 0 spiro atoms. The Morgan fingerprint density at radius 3 is 2.60 bits per heavy atom. The number of ketones is 1. The molecule has 0 radical (unpaired) electrons. The number of carboxylic acid groups (broad SMARTS) is 1. The third kappa shape index (κ3) is 7.10. The Labute approximate surface area is 199 Å². The van der Waals surface area contributed by atoms with Gasteiger partial charge < -0.3 is 20.0 Å². The number of carboxylic acids is 1. The van der Waals surface area contributed by atoms with E-state index in [-0.39, 0.29) is 28.7 Å². The number of thiazole rings is 1. The number of carbonyl (C=O) groups is 2. The molecule has 11 nitrogen and oxygen atoms in total. The molecule has 0 saturated heterocycles. The molecule has 184 valence electrons. The second-order valence-corrected chi connectivity index (χ2v) is 7.72. The first-order valence-corrected chi connectivity index (χ1v) is 10.5. The van der Waals surface area contributed by atoms with Crippen LogP contribution in [0.15, 0.2) is 40.3 Å². The van der Waals surface area contributed by atoms with Gasteiger partial charge in [-0.3, -0.25) is 4.79 Å². The van der Waals surface area contributed by atoms with Gasteiger partial charge in [-0.05, 0) is 12.1 Å². The maximum atomic E-state index is 12.1. The summed E-state index contributed by atoms with van der Waals surface area (Å²) in [4.78, 5) is 31.2. The molecule has 0 aliphatic rings. The highest BCUT2D eigenvalue weighted by atomic mass is 32.1. The van der Waals surface area contributed by atoms with Crippen LogP contribution in [0, 0.1) is 6.92 Å². The zero-order valence-corrected chi connectivity index (χ0v) is 18.9. The fraction of sp³-hybridized carbons (Fsp3) is 0.200. The molecule has 35 heavy (non-hydrogen) atoms. The minimum absolute atomic E-state index is 0.0366. The number of ether oxygens (including phenoxy) is 1. The molecule has 4 aromatic rings. The summed E-state index contributed by atoms with van der Waals surface area (Å²) >= 11 is 1.41. The largest absolute Gasteiger partial charge is 0.573 e. The normalized spacial score (nSPS) is 11.0. The van der Waals surface area contributed by atoms with E-state index < -0.39 is 18.1 Å². The zero-order chi connectivity index (χ0) is 25.8. The van der Waals surface area contributed by atoms with E-state index >= 15 is 0 Å². The summed E-state index contributed by atoms with van der Waals surface area (Å²) < 4.78 is 45.3. The first-order valence-electron chi connectivity index (χ1n) is 9.59. The number of oxazole rings is 1. The van der Waals surface area contributed by atoms with Gasteiger partial charge in [-0.15, -0.1) is 29.6 Å². The molecule has 0 aliphatic carbocycles. The predicted octanol–water partition coefficient (Wildman–Crippen LogP) is 3.81. The van der Waals surface area contributed by atoms with Crippen molar-refractivity contribution in [3.63, 3.8) is 0 Å². The van der Waals surface area contributed by atoms with Crippen LogP contribution in [0.5, 0.6) is 5.75 Å². The summed E-state index contributed by atoms with van der Waals surface area (Å²) in [5.41, 5.74) is 5.66. The molecular weight excluding hydrogens is 493 g/mol. The molecule has 4 rings (SSSR count). The smallest absolute Gasteiger partial charge is 0.476 e. The quantitative estimate of drug-likeness (QED) is 0.365. The number of alkyl halides is 3. The molecule has 0 saturated carbocycles. The Morgan fingerprint density at radius 1 is 1.29 bits per heavy atom. The maximum Gasteiger partial charge on any atom is 0.573 e. The first kappa shape index (κ1) is 25.4. The molecular formula is C20H17F3N6O5S. The molecule has 3 N–H and O–H groups in total. The number of aromatic nitrogens is 5. The molecule has 0 fully saturated rings. The van der Waals surface area contributed by atoms with E-state index in [0.29, 0.717) is 18.1 Å². The number of benzene rings is 1. The van der Waals surface area contributed by atoms with Crippen molar-refractivity contribution in [2.75, 3.05) is 5.73 Å². The van der Waals surface area contributed by atoms with Crippen LogP contribution in [0.4, 0.5) is 19.0 Å². The van der Waals surface area contributed by atoms with E-state index in [4.69, 9.17) is 15.3 Å². The number of Topliss-reactive ketones (excluding diaryl/α,β-unsaturated/α-hetero) is 1. The van der Waals surface area contributed by atoms with Crippen LogP contribution >= 0.6 is 11.3 Å². The third-order valence-corrected chi connectivity index (χ3v) is 4.84. The van der Waals surface area contributed by atoms with Gasteiger partial charge in [-0.2, -0.15) is 9.90 Å². The van der Waals surface area contributed by atoms with Crippen LogP contribution in [0.1, 0.15) is 38.8 Å². The molecule has 3 aromatic heterocycles. The average molecular weight is 510 g/mol. The van der Waals surface area contributed by atoms with Crippen LogP contribution in [-0.2, 0) is 6.54 Å². The minimum Gasteiger partial charge on any atom is -0.476 e. The predicted molar refractivity (Wildman–Crippen MR) is 116 cm³/mol. The molecule has 0 amide bonds. The second-order valence-electron chi connectivity index (χ2n) is 6.77. The highest BCUT2D eigenvalue weighted by molar-refractivity contribution is 7.09. The van der Waals surface area contributed by atoms with E-state index in [1.165, 1.54) is 48.3 Å². The number of nitrogens with zero attached hydrogens (tertiary/aromatic N) is 5. The number of halogens is 3. The monoisotopic (exact) mass is 510 g/mol. The number of anilines is 1. The lowest BCUT2D eigenvalue weighted by Gasteiger charge is -2.09. The lowest BCUT2D eigenvalue weighted by molar-refractivity contribution is -0.274. The van der Waals surface area contributed by atoms with Crippen LogP contribution in [-0.4, -0.2) is 48.2 Å².